The Morgan fingerprint density at radius 3 is 2.76 bits per heavy atom. The number of anilines is 1. The number of carbonyl (C=O) groups is 2. The number of hydrogen-bond donors (Lipinski definition) is 2. The van der Waals surface area contributed by atoms with Crippen LogP contribution in [-0.2, 0) is 7.05 Å². The number of aryl methyl sites for hydroxylation is 1. The number of H-pyrrole nitrogens is 1. The zero-order chi connectivity index (χ0) is 12.4. The van der Waals surface area contributed by atoms with Crippen molar-refractivity contribution >= 4 is 17.6 Å². The first-order valence-electron chi connectivity index (χ1n) is 4.92. The van der Waals surface area contributed by atoms with E-state index in [2.05, 4.69) is 20.5 Å². The molecule has 0 bridgehead atoms. The van der Waals surface area contributed by atoms with Gasteiger partial charge in [0.25, 0.3) is 5.91 Å². The van der Waals surface area contributed by atoms with Crippen molar-refractivity contribution in [3.63, 3.8) is 0 Å². The lowest BCUT2D eigenvalue weighted by Gasteiger charge is -2.01. The van der Waals surface area contributed by atoms with Crippen molar-refractivity contribution in [2.45, 2.75) is 6.92 Å². The molecule has 2 aromatic heterocycles. The van der Waals surface area contributed by atoms with Gasteiger partial charge < -0.3 is 4.57 Å². The van der Waals surface area contributed by atoms with Crippen molar-refractivity contribution < 1.29 is 9.59 Å². The molecule has 0 atom stereocenters. The molecule has 2 rings (SSSR count). The van der Waals surface area contributed by atoms with Gasteiger partial charge in [-0.25, -0.2) is 5.10 Å². The number of carbonyl (C=O) groups excluding carboxylic acids is 2. The van der Waals surface area contributed by atoms with E-state index in [1.807, 2.05) is 0 Å². The van der Waals surface area contributed by atoms with Crippen LogP contribution in [0, 0.1) is 0 Å². The van der Waals surface area contributed by atoms with Crippen molar-refractivity contribution in [3.05, 3.63) is 29.8 Å². The van der Waals surface area contributed by atoms with E-state index in [1.165, 1.54) is 19.3 Å². The van der Waals surface area contributed by atoms with E-state index in [0.29, 0.717) is 11.3 Å². The fraction of sp³-hybridized carbons (Fsp3) is 0.200. The topological polar surface area (TPSA) is 92.7 Å². The van der Waals surface area contributed by atoms with Crippen LogP contribution in [0.3, 0.4) is 0 Å². The maximum Gasteiger partial charge on any atom is 0.274 e. The van der Waals surface area contributed by atoms with Crippen molar-refractivity contribution in [2.24, 2.45) is 7.05 Å². The maximum atomic E-state index is 11.8. The number of Topliss-reactive ketones (excluding diaryl/α,β-unsaturated/α-hetero) is 1. The summed E-state index contributed by atoms with van der Waals surface area (Å²) in [5.74, 6) is -0.170. The molecule has 0 aromatic carbocycles. The molecule has 0 saturated heterocycles. The van der Waals surface area contributed by atoms with Gasteiger partial charge in [0, 0.05) is 18.8 Å². The summed E-state index contributed by atoms with van der Waals surface area (Å²) in [6, 6.07) is 1.54. The summed E-state index contributed by atoms with van der Waals surface area (Å²) in [6.07, 6.45) is 2.90. The number of amides is 1. The molecule has 0 fully saturated rings. The predicted octanol–water partition coefficient (Wildman–Crippen LogP) is 0.598. The summed E-state index contributed by atoms with van der Waals surface area (Å²) in [7, 11) is 1.70. The summed E-state index contributed by atoms with van der Waals surface area (Å²) in [5.41, 5.74) is 0.877. The Bertz CT molecular complexity index is 555. The lowest BCUT2D eigenvalue weighted by Crippen LogP contribution is -2.16. The molecule has 2 aromatic rings. The number of aromatic amines is 1. The van der Waals surface area contributed by atoms with Crippen LogP contribution in [0.2, 0.25) is 0 Å². The van der Waals surface area contributed by atoms with Gasteiger partial charge in [0.1, 0.15) is 12.0 Å². The Hall–Kier alpha value is -2.44. The first kappa shape index (κ1) is 11.1. The molecule has 1 amide bonds. The Morgan fingerprint density at radius 1 is 1.47 bits per heavy atom. The highest BCUT2D eigenvalue weighted by molar-refractivity contribution is 6.04. The zero-order valence-electron chi connectivity index (χ0n) is 9.39. The minimum atomic E-state index is -0.350. The van der Waals surface area contributed by atoms with Crippen LogP contribution in [0.25, 0.3) is 0 Å². The Kier molecular flexibility index (Phi) is 2.73. The second-order valence-electron chi connectivity index (χ2n) is 3.57. The molecule has 7 heteroatoms. The molecule has 0 aliphatic rings. The van der Waals surface area contributed by atoms with Crippen LogP contribution in [0.5, 0.6) is 0 Å². The van der Waals surface area contributed by atoms with Crippen LogP contribution >= 0.6 is 0 Å². The number of nitrogens with zero attached hydrogens (tertiary/aromatic N) is 3. The van der Waals surface area contributed by atoms with Gasteiger partial charge >= 0.3 is 0 Å². The Balaban J connectivity index is 2.22. The SMILES string of the molecule is CC(=O)c1cc(C(=O)Nc2ncn[nH]2)n(C)c1. The second-order valence-corrected chi connectivity index (χ2v) is 3.57. The van der Waals surface area contributed by atoms with Crippen molar-refractivity contribution in [1.29, 1.82) is 0 Å². The van der Waals surface area contributed by atoms with E-state index in [9.17, 15) is 9.59 Å². The summed E-state index contributed by atoms with van der Waals surface area (Å²) in [5, 5.41) is 8.66. The van der Waals surface area contributed by atoms with E-state index in [-0.39, 0.29) is 17.6 Å². The molecule has 17 heavy (non-hydrogen) atoms. The Morgan fingerprint density at radius 2 is 2.24 bits per heavy atom. The third kappa shape index (κ3) is 2.22. The molecule has 2 N–H and O–H groups in total. The standard InChI is InChI=1S/C10H11N5O2/c1-6(16)7-3-8(15(2)4-7)9(17)13-10-11-5-12-14-10/h3-5H,1-2H3,(H2,11,12,13,14,17). The molecule has 0 spiro atoms. The van der Waals surface area contributed by atoms with Crippen LogP contribution in [0.15, 0.2) is 18.6 Å². The monoisotopic (exact) mass is 233 g/mol. The molecular formula is C10H11N5O2. The van der Waals surface area contributed by atoms with Crippen LogP contribution < -0.4 is 5.32 Å². The number of hydrogen-bond acceptors (Lipinski definition) is 4. The van der Waals surface area contributed by atoms with Crippen molar-refractivity contribution in [3.8, 4) is 0 Å². The highest BCUT2D eigenvalue weighted by atomic mass is 16.2. The molecule has 0 aliphatic heterocycles. The summed E-state index contributed by atoms with van der Waals surface area (Å²) in [6.45, 7) is 1.45. The Labute approximate surface area is 96.9 Å². The first-order valence-corrected chi connectivity index (χ1v) is 4.92. The number of ketones is 1. The van der Waals surface area contributed by atoms with E-state index in [0.717, 1.165) is 0 Å². The number of rotatable bonds is 3. The predicted molar refractivity (Wildman–Crippen MR) is 59.8 cm³/mol. The van der Waals surface area contributed by atoms with Gasteiger partial charge in [-0.3, -0.25) is 14.9 Å². The average Bonchev–Trinajstić information content (AvgIpc) is 2.86. The lowest BCUT2D eigenvalue weighted by atomic mass is 10.2. The van der Waals surface area contributed by atoms with Gasteiger partial charge in [-0.15, -0.1) is 0 Å². The van der Waals surface area contributed by atoms with Crippen LogP contribution in [-0.4, -0.2) is 31.4 Å². The minimum absolute atomic E-state index is 0.0840. The average molecular weight is 233 g/mol. The highest BCUT2D eigenvalue weighted by Crippen LogP contribution is 2.09. The molecule has 0 saturated carbocycles. The molecule has 0 aliphatic carbocycles. The van der Waals surface area contributed by atoms with E-state index < -0.39 is 0 Å². The van der Waals surface area contributed by atoms with Gasteiger partial charge in [-0.2, -0.15) is 10.1 Å². The van der Waals surface area contributed by atoms with Crippen molar-refractivity contribution in [2.75, 3.05) is 5.32 Å². The third-order valence-electron chi connectivity index (χ3n) is 2.29. The van der Waals surface area contributed by atoms with Gasteiger partial charge in [0.15, 0.2) is 5.78 Å². The first-order chi connectivity index (χ1) is 8.08. The molecular weight excluding hydrogens is 222 g/mol. The van der Waals surface area contributed by atoms with E-state index in [4.69, 9.17) is 0 Å². The number of nitrogens with one attached hydrogen (secondary N) is 2. The molecule has 0 unspecified atom stereocenters. The van der Waals surface area contributed by atoms with Crippen LogP contribution in [0.1, 0.15) is 27.8 Å². The van der Waals surface area contributed by atoms with E-state index >= 15 is 0 Å². The van der Waals surface area contributed by atoms with Crippen molar-refractivity contribution in [1.82, 2.24) is 19.7 Å². The highest BCUT2D eigenvalue weighted by Gasteiger charge is 2.14. The van der Waals surface area contributed by atoms with Gasteiger partial charge in [-0.1, -0.05) is 0 Å². The summed E-state index contributed by atoms with van der Waals surface area (Å²) < 4.78 is 1.59. The van der Waals surface area contributed by atoms with Crippen LogP contribution in [0.4, 0.5) is 5.95 Å². The van der Waals surface area contributed by atoms with Gasteiger partial charge in [-0.05, 0) is 13.0 Å². The normalized spacial score (nSPS) is 10.2. The number of aromatic nitrogens is 4. The minimum Gasteiger partial charge on any atom is -0.346 e. The summed E-state index contributed by atoms with van der Waals surface area (Å²) >= 11 is 0. The zero-order valence-corrected chi connectivity index (χ0v) is 9.39. The maximum absolute atomic E-state index is 11.8. The van der Waals surface area contributed by atoms with Gasteiger partial charge in [0.2, 0.25) is 5.95 Å². The largest absolute Gasteiger partial charge is 0.346 e. The fourth-order valence-electron chi connectivity index (χ4n) is 1.42. The quantitative estimate of drug-likeness (QED) is 0.759. The third-order valence-corrected chi connectivity index (χ3v) is 2.29. The molecule has 0 radical (unpaired) electrons. The van der Waals surface area contributed by atoms with E-state index in [1.54, 1.807) is 17.8 Å². The lowest BCUT2D eigenvalue weighted by molar-refractivity contribution is 0.101. The molecule has 2 heterocycles. The summed E-state index contributed by atoms with van der Waals surface area (Å²) in [4.78, 5) is 26.8. The second kappa shape index (κ2) is 4.20. The smallest absolute Gasteiger partial charge is 0.274 e. The van der Waals surface area contributed by atoms with Gasteiger partial charge in [0.05, 0.1) is 0 Å². The molecule has 7 nitrogen and oxygen atoms in total. The fourth-order valence-corrected chi connectivity index (χ4v) is 1.42. The molecule has 88 valence electrons.